The van der Waals surface area contributed by atoms with Gasteiger partial charge in [0.05, 0.1) is 11.3 Å². The molecule has 0 unspecified atom stereocenters. The Kier molecular flexibility index (Phi) is 6.04. The molecule has 0 saturated carbocycles. The molecule has 8 heteroatoms. The Labute approximate surface area is 170 Å². The van der Waals surface area contributed by atoms with Crippen LogP contribution in [0.1, 0.15) is 30.7 Å². The van der Waals surface area contributed by atoms with E-state index in [1.807, 2.05) is 32.0 Å². The highest BCUT2D eigenvalue weighted by Gasteiger charge is 2.23. The number of aromatic nitrogens is 1. The van der Waals surface area contributed by atoms with Gasteiger partial charge in [-0.3, -0.25) is 4.79 Å². The first-order valence-corrected chi connectivity index (χ1v) is 11.0. The van der Waals surface area contributed by atoms with E-state index in [0.717, 1.165) is 16.5 Å². The molecule has 0 aliphatic heterocycles. The molecule has 29 heavy (non-hydrogen) atoms. The normalized spacial score (nSPS) is 11.9. The molecular formula is C21H25N3O4S. The van der Waals surface area contributed by atoms with Crippen LogP contribution in [0.5, 0.6) is 0 Å². The molecule has 154 valence electrons. The van der Waals surface area contributed by atoms with Crippen molar-refractivity contribution in [2.45, 2.75) is 39.0 Å². The number of carbonyl (C=O) groups is 1. The molecule has 0 saturated heterocycles. The topological polar surface area (TPSA) is 92.5 Å². The number of benzene rings is 2. The van der Waals surface area contributed by atoms with E-state index >= 15 is 0 Å². The fraction of sp³-hybridized carbons (Fsp3) is 0.333. The summed E-state index contributed by atoms with van der Waals surface area (Å²) < 4.78 is 32.4. The summed E-state index contributed by atoms with van der Waals surface area (Å²) in [5.41, 5.74) is 3.25. The van der Waals surface area contributed by atoms with Crippen LogP contribution < -0.4 is 5.32 Å². The molecule has 2 aromatic carbocycles. The highest BCUT2D eigenvalue weighted by molar-refractivity contribution is 7.89. The second-order valence-corrected chi connectivity index (χ2v) is 8.79. The molecule has 0 bridgehead atoms. The summed E-state index contributed by atoms with van der Waals surface area (Å²) in [4.78, 5) is 12.8. The van der Waals surface area contributed by atoms with Crippen LogP contribution in [0.4, 0.5) is 5.69 Å². The number of hydrogen-bond donors (Lipinski definition) is 1. The number of hydrogen-bond acceptors (Lipinski definition) is 5. The summed E-state index contributed by atoms with van der Waals surface area (Å²) in [6.07, 6.45) is 0.0303. The van der Waals surface area contributed by atoms with Gasteiger partial charge in [-0.1, -0.05) is 31.1 Å². The molecule has 0 fully saturated rings. The summed E-state index contributed by atoms with van der Waals surface area (Å²) >= 11 is 0. The van der Waals surface area contributed by atoms with Gasteiger partial charge in [-0.15, -0.1) is 0 Å². The molecule has 1 amide bonds. The number of fused-ring (bicyclic) bond motifs is 1. The zero-order valence-electron chi connectivity index (χ0n) is 17.0. The van der Waals surface area contributed by atoms with Crippen LogP contribution in [0.3, 0.4) is 0 Å². The maximum atomic E-state index is 12.9. The van der Waals surface area contributed by atoms with Crippen LogP contribution >= 0.6 is 0 Å². The quantitative estimate of drug-likeness (QED) is 0.636. The standard InChI is InChI=1S/C21H25N3O4S/c1-5-24(6-2)29(26,27)16-11-14(3)15(4)18(12-16)22-21(25)13-19-17-9-7-8-10-20(17)28-23-19/h7-12H,5-6,13H2,1-4H3,(H,22,25). The summed E-state index contributed by atoms with van der Waals surface area (Å²) in [6, 6.07) is 10.5. The number of para-hydroxylation sites is 1. The van der Waals surface area contributed by atoms with Crippen molar-refractivity contribution in [2.24, 2.45) is 0 Å². The average molecular weight is 416 g/mol. The van der Waals surface area contributed by atoms with Crippen molar-refractivity contribution < 1.29 is 17.7 Å². The van der Waals surface area contributed by atoms with Gasteiger partial charge in [-0.25, -0.2) is 8.42 Å². The Balaban J connectivity index is 1.88. The van der Waals surface area contributed by atoms with Crippen molar-refractivity contribution in [3.8, 4) is 0 Å². The van der Waals surface area contributed by atoms with E-state index in [0.29, 0.717) is 30.1 Å². The lowest BCUT2D eigenvalue weighted by Crippen LogP contribution is -2.30. The van der Waals surface area contributed by atoms with Gasteiger partial charge >= 0.3 is 0 Å². The molecule has 7 nitrogen and oxygen atoms in total. The molecule has 1 heterocycles. The Morgan fingerprint density at radius 2 is 1.83 bits per heavy atom. The van der Waals surface area contributed by atoms with E-state index in [1.54, 1.807) is 26.0 Å². The largest absolute Gasteiger partial charge is 0.356 e. The minimum absolute atomic E-state index is 0.0303. The third-order valence-corrected chi connectivity index (χ3v) is 7.07. The predicted molar refractivity (Wildman–Crippen MR) is 112 cm³/mol. The fourth-order valence-electron chi connectivity index (χ4n) is 3.23. The number of rotatable bonds is 7. The second kappa shape index (κ2) is 8.34. The molecule has 1 N–H and O–H groups in total. The number of carbonyl (C=O) groups excluding carboxylic acids is 1. The lowest BCUT2D eigenvalue weighted by Gasteiger charge is -2.20. The number of nitrogens with zero attached hydrogens (tertiary/aromatic N) is 2. The van der Waals surface area contributed by atoms with Gasteiger partial charge in [0.2, 0.25) is 15.9 Å². The van der Waals surface area contributed by atoms with Gasteiger partial charge in [0.25, 0.3) is 0 Å². The van der Waals surface area contributed by atoms with E-state index in [4.69, 9.17) is 4.52 Å². The second-order valence-electron chi connectivity index (χ2n) is 6.85. The predicted octanol–water partition coefficient (Wildman–Crippen LogP) is 3.66. The Bertz CT molecular complexity index is 1150. The first-order chi connectivity index (χ1) is 13.8. The lowest BCUT2D eigenvalue weighted by molar-refractivity contribution is -0.115. The number of aryl methyl sites for hydroxylation is 1. The van der Waals surface area contributed by atoms with E-state index in [2.05, 4.69) is 10.5 Å². The van der Waals surface area contributed by atoms with Crippen LogP contribution in [0, 0.1) is 13.8 Å². The Morgan fingerprint density at radius 3 is 2.52 bits per heavy atom. The van der Waals surface area contributed by atoms with Gasteiger partial charge in [0.15, 0.2) is 5.58 Å². The lowest BCUT2D eigenvalue weighted by atomic mass is 10.1. The zero-order chi connectivity index (χ0) is 21.2. The molecule has 3 rings (SSSR count). The van der Waals surface area contributed by atoms with Crippen LogP contribution in [-0.4, -0.2) is 36.9 Å². The maximum absolute atomic E-state index is 12.9. The first-order valence-electron chi connectivity index (χ1n) is 9.52. The monoisotopic (exact) mass is 415 g/mol. The smallest absolute Gasteiger partial charge is 0.243 e. The third-order valence-electron chi connectivity index (χ3n) is 5.04. The Morgan fingerprint density at radius 1 is 1.14 bits per heavy atom. The molecule has 1 aromatic heterocycles. The molecule has 0 aliphatic carbocycles. The number of sulfonamides is 1. The van der Waals surface area contributed by atoms with Gasteiger partial charge in [0, 0.05) is 24.2 Å². The van der Waals surface area contributed by atoms with Crippen molar-refractivity contribution in [2.75, 3.05) is 18.4 Å². The highest BCUT2D eigenvalue weighted by Crippen LogP contribution is 2.27. The van der Waals surface area contributed by atoms with E-state index < -0.39 is 10.0 Å². The number of anilines is 1. The van der Waals surface area contributed by atoms with E-state index in [1.165, 1.54) is 10.4 Å². The summed E-state index contributed by atoms with van der Waals surface area (Å²) in [6.45, 7) is 8.04. The zero-order valence-corrected chi connectivity index (χ0v) is 17.8. The van der Waals surface area contributed by atoms with Crippen LogP contribution in [0.2, 0.25) is 0 Å². The van der Waals surface area contributed by atoms with E-state index in [-0.39, 0.29) is 17.2 Å². The molecular weight excluding hydrogens is 390 g/mol. The van der Waals surface area contributed by atoms with Gasteiger partial charge in [-0.05, 0) is 49.2 Å². The summed E-state index contributed by atoms with van der Waals surface area (Å²) in [5, 5.41) is 7.60. The third kappa shape index (κ3) is 4.18. The molecule has 3 aromatic rings. The molecule has 0 atom stereocenters. The SMILES string of the molecule is CCN(CC)S(=O)(=O)c1cc(C)c(C)c(NC(=O)Cc2noc3ccccc23)c1. The van der Waals surface area contributed by atoms with Crippen molar-refractivity contribution in [1.29, 1.82) is 0 Å². The molecule has 0 aliphatic rings. The first kappa shape index (κ1) is 21.0. The van der Waals surface area contributed by atoms with Crippen molar-refractivity contribution in [3.05, 3.63) is 53.2 Å². The molecule has 0 spiro atoms. The minimum Gasteiger partial charge on any atom is -0.356 e. The number of nitrogens with one attached hydrogen (secondary N) is 1. The van der Waals surface area contributed by atoms with E-state index in [9.17, 15) is 13.2 Å². The van der Waals surface area contributed by atoms with Crippen molar-refractivity contribution in [3.63, 3.8) is 0 Å². The minimum atomic E-state index is -3.62. The van der Waals surface area contributed by atoms with Gasteiger partial charge in [-0.2, -0.15) is 4.31 Å². The number of amides is 1. The average Bonchev–Trinajstić information content (AvgIpc) is 3.09. The fourth-order valence-corrected chi connectivity index (χ4v) is 4.80. The van der Waals surface area contributed by atoms with Crippen molar-refractivity contribution >= 4 is 32.6 Å². The maximum Gasteiger partial charge on any atom is 0.243 e. The van der Waals surface area contributed by atoms with Gasteiger partial charge < -0.3 is 9.84 Å². The summed E-state index contributed by atoms with van der Waals surface area (Å²) in [5.74, 6) is -0.288. The highest BCUT2D eigenvalue weighted by atomic mass is 32.2. The van der Waals surface area contributed by atoms with Gasteiger partial charge in [0.1, 0.15) is 5.69 Å². The van der Waals surface area contributed by atoms with Crippen molar-refractivity contribution in [1.82, 2.24) is 9.46 Å². The van der Waals surface area contributed by atoms with Crippen LogP contribution in [0.25, 0.3) is 11.0 Å². The van der Waals surface area contributed by atoms with Crippen LogP contribution in [-0.2, 0) is 21.2 Å². The van der Waals surface area contributed by atoms with Crippen LogP contribution in [0.15, 0.2) is 45.8 Å². The summed E-state index contributed by atoms with van der Waals surface area (Å²) in [7, 11) is -3.62. The Hall–Kier alpha value is -2.71. The molecule has 0 radical (unpaired) electrons.